The number of nitrogens with one attached hydrogen (secondary N) is 2. The second kappa shape index (κ2) is 10.3. The van der Waals surface area contributed by atoms with E-state index in [1.807, 2.05) is 56.3 Å². The van der Waals surface area contributed by atoms with Crippen LogP contribution >= 0.6 is 0 Å². The number of benzene rings is 2. The second-order valence-corrected chi connectivity index (χ2v) is 7.18. The van der Waals surface area contributed by atoms with Crippen molar-refractivity contribution in [1.82, 2.24) is 9.78 Å². The van der Waals surface area contributed by atoms with Gasteiger partial charge in [-0.2, -0.15) is 5.10 Å². The van der Waals surface area contributed by atoms with Crippen molar-refractivity contribution in [3.8, 4) is 5.75 Å². The predicted molar refractivity (Wildman–Crippen MR) is 118 cm³/mol. The van der Waals surface area contributed by atoms with Gasteiger partial charge < -0.3 is 20.1 Å². The maximum Gasteiger partial charge on any atom is 0.344 e. The van der Waals surface area contributed by atoms with Gasteiger partial charge in [0.15, 0.2) is 12.7 Å². The van der Waals surface area contributed by atoms with E-state index in [9.17, 15) is 9.59 Å². The van der Waals surface area contributed by atoms with Gasteiger partial charge in [0.2, 0.25) is 0 Å². The van der Waals surface area contributed by atoms with Gasteiger partial charge in [-0.25, -0.2) is 9.48 Å². The molecule has 31 heavy (non-hydrogen) atoms. The fraction of sp³-hybridized carbons (Fsp3) is 0.261. The molecule has 1 atom stereocenters. The number of hydrogen-bond donors (Lipinski definition) is 2. The quantitative estimate of drug-likeness (QED) is 0.503. The average Bonchev–Trinajstić information content (AvgIpc) is 3.22. The van der Waals surface area contributed by atoms with Gasteiger partial charge in [0.1, 0.15) is 11.6 Å². The summed E-state index contributed by atoms with van der Waals surface area (Å²) in [5.74, 6) is -0.00422. The number of hydrogen-bond acceptors (Lipinski definition) is 6. The van der Waals surface area contributed by atoms with E-state index >= 15 is 0 Å². The highest BCUT2D eigenvalue weighted by atomic mass is 16.6. The summed E-state index contributed by atoms with van der Waals surface area (Å²) in [6, 6.07) is 18.8. The van der Waals surface area contributed by atoms with Crippen molar-refractivity contribution >= 4 is 29.1 Å². The summed E-state index contributed by atoms with van der Waals surface area (Å²) >= 11 is 0. The second-order valence-electron chi connectivity index (χ2n) is 7.18. The van der Waals surface area contributed by atoms with Crippen LogP contribution in [0.25, 0.3) is 0 Å². The van der Waals surface area contributed by atoms with Gasteiger partial charge in [-0.15, -0.1) is 0 Å². The number of nitrogens with zero attached hydrogens (tertiary/aromatic N) is 2. The molecular formula is C23H26N4O4. The lowest BCUT2D eigenvalue weighted by atomic mass is 10.2. The van der Waals surface area contributed by atoms with Gasteiger partial charge in [0.25, 0.3) is 5.91 Å². The maximum atomic E-state index is 12.3. The van der Waals surface area contributed by atoms with Crippen molar-refractivity contribution in [1.29, 1.82) is 0 Å². The smallest absolute Gasteiger partial charge is 0.344 e. The standard InChI is InChI=1S/C23H26N4O4/c1-16(2)27-21(13-14-24-27)26-23(29)17(3)31-22(28)15-30-20-11-9-19(10-12-20)25-18-7-5-4-6-8-18/h4-14,16-17,25H,15H2,1-3H3,(H,26,29)/t17-/m0/s1. The molecule has 0 bridgehead atoms. The lowest BCUT2D eigenvalue weighted by Crippen LogP contribution is -2.32. The summed E-state index contributed by atoms with van der Waals surface area (Å²) in [5.41, 5.74) is 1.87. The number of esters is 1. The molecular weight excluding hydrogens is 396 g/mol. The summed E-state index contributed by atoms with van der Waals surface area (Å²) in [6.45, 7) is 5.11. The van der Waals surface area contributed by atoms with E-state index in [1.54, 1.807) is 29.1 Å². The van der Waals surface area contributed by atoms with E-state index in [4.69, 9.17) is 9.47 Å². The molecule has 0 saturated heterocycles. The zero-order chi connectivity index (χ0) is 22.2. The van der Waals surface area contributed by atoms with Crippen LogP contribution in [0.5, 0.6) is 5.75 Å². The molecule has 1 aromatic heterocycles. The molecule has 2 aromatic carbocycles. The molecule has 3 rings (SSSR count). The number of carbonyl (C=O) groups is 2. The van der Waals surface area contributed by atoms with Crippen molar-refractivity contribution in [3.05, 3.63) is 66.9 Å². The summed E-state index contributed by atoms with van der Waals surface area (Å²) < 4.78 is 12.3. The largest absolute Gasteiger partial charge is 0.482 e. The first-order valence-corrected chi connectivity index (χ1v) is 10.0. The summed E-state index contributed by atoms with van der Waals surface area (Å²) in [4.78, 5) is 24.4. The molecule has 0 aliphatic rings. The minimum absolute atomic E-state index is 0.0887. The minimum atomic E-state index is -0.968. The number of aromatic nitrogens is 2. The van der Waals surface area contributed by atoms with Crippen LogP contribution in [0, 0.1) is 0 Å². The Balaban J connectivity index is 1.45. The maximum absolute atomic E-state index is 12.3. The first-order chi connectivity index (χ1) is 14.9. The van der Waals surface area contributed by atoms with Gasteiger partial charge >= 0.3 is 5.97 Å². The van der Waals surface area contributed by atoms with Gasteiger partial charge in [-0.05, 0) is 57.2 Å². The number of rotatable bonds is 9. The van der Waals surface area contributed by atoms with Gasteiger partial charge in [-0.1, -0.05) is 18.2 Å². The highest BCUT2D eigenvalue weighted by molar-refractivity contribution is 5.94. The number of amides is 1. The lowest BCUT2D eigenvalue weighted by molar-refractivity contribution is -0.155. The molecule has 0 fully saturated rings. The molecule has 3 aromatic rings. The van der Waals surface area contributed by atoms with Gasteiger partial charge in [0, 0.05) is 23.5 Å². The van der Waals surface area contributed by atoms with Crippen LogP contribution in [0.2, 0.25) is 0 Å². The Morgan fingerprint density at radius 1 is 0.968 bits per heavy atom. The van der Waals surface area contributed by atoms with E-state index < -0.39 is 18.0 Å². The Morgan fingerprint density at radius 3 is 2.32 bits per heavy atom. The Morgan fingerprint density at radius 2 is 1.65 bits per heavy atom. The van der Waals surface area contributed by atoms with Crippen molar-refractivity contribution < 1.29 is 19.1 Å². The summed E-state index contributed by atoms with van der Waals surface area (Å²) in [6.07, 6.45) is 0.630. The van der Waals surface area contributed by atoms with Crippen molar-refractivity contribution in [3.63, 3.8) is 0 Å². The molecule has 1 heterocycles. The third-order valence-corrected chi connectivity index (χ3v) is 4.36. The molecule has 0 aliphatic carbocycles. The predicted octanol–water partition coefficient (Wildman–Crippen LogP) is 4.16. The topological polar surface area (TPSA) is 94.5 Å². The molecule has 0 radical (unpaired) electrons. The van der Waals surface area contributed by atoms with E-state index in [0.717, 1.165) is 11.4 Å². The summed E-state index contributed by atoms with van der Waals surface area (Å²) in [7, 11) is 0. The van der Waals surface area contributed by atoms with Crippen LogP contribution in [0.15, 0.2) is 66.9 Å². The third-order valence-electron chi connectivity index (χ3n) is 4.36. The van der Waals surface area contributed by atoms with Crippen molar-refractivity contribution in [2.45, 2.75) is 32.9 Å². The Bertz CT molecular complexity index is 1000. The number of ether oxygens (including phenoxy) is 2. The van der Waals surface area contributed by atoms with Crippen molar-refractivity contribution in [2.75, 3.05) is 17.2 Å². The van der Waals surface area contributed by atoms with Crippen molar-refractivity contribution in [2.24, 2.45) is 0 Å². The highest BCUT2D eigenvalue weighted by Gasteiger charge is 2.20. The number of anilines is 3. The molecule has 8 heteroatoms. The van der Waals surface area contributed by atoms with Crippen LogP contribution in [0.1, 0.15) is 26.8 Å². The fourth-order valence-electron chi connectivity index (χ4n) is 2.80. The Kier molecular flexibility index (Phi) is 7.26. The normalized spacial score (nSPS) is 11.6. The Hall–Kier alpha value is -3.81. The molecule has 162 valence electrons. The first kappa shape index (κ1) is 21.9. The highest BCUT2D eigenvalue weighted by Crippen LogP contribution is 2.20. The SMILES string of the molecule is CC(C)n1nccc1NC(=O)[C@H](C)OC(=O)COc1ccc(Nc2ccccc2)cc1. The number of para-hydroxylation sites is 1. The molecule has 0 saturated carbocycles. The van der Waals surface area contributed by atoms with Crippen LogP contribution in [0.4, 0.5) is 17.2 Å². The monoisotopic (exact) mass is 422 g/mol. The van der Waals surface area contributed by atoms with Crippen LogP contribution in [-0.2, 0) is 14.3 Å². The van der Waals surface area contributed by atoms with Gasteiger partial charge in [-0.3, -0.25) is 4.79 Å². The first-order valence-electron chi connectivity index (χ1n) is 10.0. The molecule has 8 nitrogen and oxygen atoms in total. The van der Waals surface area contributed by atoms with Crippen LogP contribution < -0.4 is 15.4 Å². The zero-order valence-corrected chi connectivity index (χ0v) is 17.7. The van der Waals surface area contributed by atoms with E-state index in [-0.39, 0.29) is 12.6 Å². The molecule has 0 aliphatic heterocycles. The minimum Gasteiger partial charge on any atom is -0.482 e. The average molecular weight is 422 g/mol. The number of carbonyl (C=O) groups excluding carboxylic acids is 2. The third kappa shape index (κ3) is 6.33. The molecule has 1 amide bonds. The lowest BCUT2D eigenvalue weighted by Gasteiger charge is -2.16. The van der Waals surface area contributed by atoms with E-state index in [2.05, 4.69) is 15.7 Å². The van der Waals surface area contributed by atoms with Gasteiger partial charge in [0.05, 0.1) is 6.20 Å². The van der Waals surface area contributed by atoms with Crippen LogP contribution in [0.3, 0.4) is 0 Å². The van der Waals surface area contributed by atoms with E-state index in [1.165, 1.54) is 6.92 Å². The van der Waals surface area contributed by atoms with E-state index in [0.29, 0.717) is 11.6 Å². The molecule has 2 N–H and O–H groups in total. The summed E-state index contributed by atoms with van der Waals surface area (Å²) in [5, 5.41) is 10.1. The molecule has 0 unspecified atom stereocenters. The Labute approximate surface area is 181 Å². The molecule has 0 spiro atoms. The van der Waals surface area contributed by atoms with Crippen LogP contribution in [-0.4, -0.2) is 34.4 Å². The zero-order valence-electron chi connectivity index (χ0n) is 17.7. The fourth-order valence-corrected chi connectivity index (χ4v) is 2.80.